The van der Waals surface area contributed by atoms with E-state index in [4.69, 9.17) is 10.9 Å². The van der Waals surface area contributed by atoms with E-state index in [1.54, 1.807) is 0 Å². The van der Waals surface area contributed by atoms with Gasteiger partial charge in [-0.15, -0.1) is 0 Å². The van der Waals surface area contributed by atoms with E-state index >= 15 is 0 Å². The van der Waals surface area contributed by atoms with Crippen LogP contribution in [0.3, 0.4) is 0 Å². The van der Waals surface area contributed by atoms with Crippen LogP contribution in [0, 0.1) is 5.82 Å². The van der Waals surface area contributed by atoms with E-state index in [2.05, 4.69) is 5.16 Å². The van der Waals surface area contributed by atoms with Crippen LogP contribution >= 0.6 is 0 Å². The van der Waals surface area contributed by atoms with Crippen molar-refractivity contribution in [2.75, 3.05) is 6.54 Å². The maximum Gasteiger partial charge on any atom is 0.243 e. The summed E-state index contributed by atoms with van der Waals surface area (Å²) >= 11 is 0. The first kappa shape index (κ1) is 14.7. The Kier molecular flexibility index (Phi) is 4.24. The van der Waals surface area contributed by atoms with Gasteiger partial charge < -0.3 is 10.9 Å². The Hall–Kier alpha value is -1.67. The van der Waals surface area contributed by atoms with Crippen LogP contribution in [-0.2, 0) is 10.0 Å². The van der Waals surface area contributed by atoms with Gasteiger partial charge in [0.05, 0.1) is 4.90 Å². The molecule has 0 spiro atoms. The molecule has 1 saturated carbocycles. The number of nitrogens with zero attached hydrogens (tertiary/aromatic N) is 2. The van der Waals surface area contributed by atoms with Gasteiger partial charge in [0, 0.05) is 19.0 Å². The Bertz CT molecular complexity index is 597. The minimum absolute atomic E-state index is 0.0232. The summed E-state index contributed by atoms with van der Waals surface area (Å²) in [6, 6.07) is 4.65. The summed E-state index contributed by atoms with van der Waals surface area (Å²) < 4.78 is 39.2. The van der Waals surface area contributed by atoms with E-state index in [1.807, 2.05) is 0 Å². The highest BCUT2D eigenvalue weighted by molar-refractivity contribution is 7.89. The van der Waals surface area contributed by atoms with Crippen LogP contribution in [0.2, 0.25) is 0 Å². The molecule has 110 valence electrons. The molecule has 0 aliphatic heterocycles. The number of oxime groups is 1. The lowest BCUT2D eigenvalue weighted by Crippen LogP contribution is -2.35. The SMILES string of the molecule is NC(CCN(C1CC1)S(=O)(=O)c1ccc(F)cc1)=NO. The maximum absolute atomic E-state index is 12.9. The van der Waals surface area contributed by atoms with Crippen LogP contribution in [0.15, 0.2) is 34.3 Å². The zero-order valence-electron chi connectivity index (χ0n) is 10.7. The smallest absolute Gasteiger partial charge is 0.243 e. The Morgan fingerprint density at radius 2 is 2.00 bits per heavy atom. The highest BCUT2D eigenvalue weighted by Gasteiger charge is 2.37. The van der Waals surface area contributed by atoms with E-state index in [1.165, 1.54) is 16.4 Å². The van der Waals surface area contributed by atoms with E-state index < -0.39 is 15.8 Å². The van der Waals surface area contributed by atoms with Gasteiger partial charge in [-0.1, -0.05) is 5.16 Å². The topological polar surface area (TPSA) is 96.0 Å². The average molecular weight is 301 g/mol. The van der Waals surface area contributed by atoms with Crippen LogP contribution in [0.5, 0.6) is 0 Å². The molecule has 1 aliphatic carbocycles. The van der Waals surface area contributed by atoms with Gasteiger partial charge in [-0.05, 0) is 37.1 Å². The molecule has 3 N–H and O–H groups in total. The van der Waals surface area contributed by atoms with E-state index in [9.17, 15) is 12.8 Å². The first-order valence-corrected chi connectivity index (χ1v) is 7.63. The van der Waals surface area contributed by atoms with Gasteiger partial charge in [-0.2, -0.15) is 4.31 Å². The van der Waals surface area contributed by atoms with Crippen molar-refractivity contribution >= 4 is 15.9 Å². The lowest BCUT2D eigenvalue weighted by atomic mass is 10.4. The normalized spacial score (nSPS) is 16.6. The largest absolute Gasteiger partial charge is 0.409 e. The molecule has 1 aromatic rings. The van der Waals surface area contributed by atoms with Gasteiger partial charge in [0.1, 0.15) is 11.7 Å². The molecule has 0 atom stereocenters. The lowest BCUT2D eigenvalue weighted by molar-refractivity contribution is 0.315. The lowest BCUT2D eigenvalue weighted by Gasteiger charge is -2.21. The molecule has 20 heavy (non-hydrogen) atoms. The molecule has 8 heteroatoms. The second-order valence-corrected chi connectivity index (χ2v) is 6.53. The third kappa shape index (κ3) is 3.26. The fourth-order valence-electron chi connectivity index (χ4n) is 1.88. The number of hydrogen-bond donors (Lipinski definition) is 2. The average Bonchev–Trinajstić information content (AvgIpc) is 3.23. The zero-order valence-corrected chi connectivity index (χ0v) is 11.6. The molecule has 6 nitrogen and oxygen atoms in total. The number of nitrogens with two attached hydrogens (primary N) is 1. The fourth-order valence-corrected chi connectivity index (χ4v) is 3.56. The van der Waals surface area contributed by atoms with Gasteiger partial charge in [0.25, 0.3) is 0 Å². The molecular formula is C12H16FN3O3S. The fraction of sp³-hybridized carbons (Fsp3) is 0.417. The summed E-state index contributed by atoms with van der Waals surface area (Å²) in [5.41, 5.74) is 5.37. The monoisotopic (exact) mass is 301 g/mol. The molecule has 1 aliphatic rings. The van der Waals surface area contributed by atoms with Crippen molar-refractivity contribution < 1.29 is 18.0 Å². The number of hydrogen-bond acceptors (Lipinski definition) is 4. The Labute approximate surface area is 116 Å². The van der Waals surface area contributed by atoms with Crippen LogP contribution in [0.4, 0.5) is 4.39 Å². The van der Waals surface area contributed by atoms with Gasteiger partial charge >= 0.3 is 0 Å². The van der Waals surface area contributed by atoms with Gasteiger partial charge in [-0.25, -0.2) is 12.8 Å². The maximum atomic E-state index is 12.9. The quantitative estimate of drug-likeness (QED) is 0.356. The Morgan fingerprint density at radius 3 is 2.50 bits per heavy atom. The van der Waals surface area contributed by atoms with Crippen molar-refractivity contribution in [1.82, 2.24) is 4.31 Å². The second kappa shape index (κ2) is 5.76. The van der Waals surface area contributed by atoms with Crippen LogP contribution in [0.1, 0.15) is 19.3 Å². The van der Waals surface area contributed by atoms with Crippen molar-refractivity contribution in [3.05, 3.63) is 30.1 Å². The van der Waals surface area contributed by atoms with Crippen molar-refractivity contribution in [2.24, 2.45) is 10.9 Å². The molecule has 0 heterocycles. The van der Waals surface area contributed by atoms with E-state index in [0.29, 0.717) is 0 Å². The van der Waals surface area contributed by atoms with E-state index in [-0.39, 0.29) is 29.7 Å². The first-order valence-electron chi connectivity index (χ1n) is 6.19. The van der Waals surface area contributed by atoms with Gasteiger partial charge in [0.2, 0.25) is 10.0 Å². The molecule has 0 aromatic heterocycles. The molecule has 0 unspecified atom stereocenters. The highest BCUT2D eigenvalue weighted by Crippen LogP contribution is 2.32. The number of sulfonamides is 1. The van der Waals surface area contributed by atoms with E-state index in [0.717, 1.165) is 25.0 Å². The summed E-state index contributed by atoms with van der Waals surface area (Å²) in [5.74, 6) is -0.511. The number of amidine groups is 1. The zero-order chi connectivity index (χ0) is 14.8. The molecular weight excluding hydrogens is 285 g/mol. The third-order valence-electron chi connectivity index (χ3n) is 3.09. The molecule has 2 rings (SSSR count). The number of benzene rings is 1. The first-order chi connectivity index (χ1) is 9.45. The highest BCUT2D eigenvalue weighted by atomic mass is 32.2. The Balaban J connectivity index is 2.21. The van der Waals surface area contributed by atoms with Crippen molar-refractivity contribution in [1.29, 1.82) is 0 Å². The van der Waals surface area contributed by atoms with Gasteiger partial charge in [-0.3, -0.25) is 0 Å². The third-order valence-corrected chi connectivity index (χ3v) is 5.06. The predicted octanol–water partition coefficient (Wildman–Crippen LogP) is 1.12. The molecule has 0 bridgehead atoms. The molecule has 0 radical (unpaired) electrons. The molecule has 1 fully saturated rings. The standard InChI is InChI=1S/C12H16FN3O3S/c13-9-1-5-11(6-2-9)20(18,19)16(10-3-4-10)8-7-12(14)15-17/h1-2,5-6,10,17H,3-4,7-8H2,(H2,14,15). The van der Waals surface area contributed by atoms with Crippen molar-refractivity contribution in [3.63, 3.8) is 0 Å². The molecule has 0 amide bonds. The summed E-state index contributed by atoms with van der Waals surface area (Å²) in [5, 5.41) is 11.3. The van der Waals surface area contributed by atoms with Crippen LogP contribution in [-0.4, -0.2) is 36.4 Å². The summed E-state index contributed by atoms with van der Waals surface area (Å²) in [6.45, 7) is 0.139. The summed E-state index contributed by atoms with van der Waals surface area (Å²) in [6.07, 6.45) is 1.72. The summed E-state index contributed by atoms with van der Waals surface area (Å²) in [4.78, 5) is 0.0466. The van der Waals surface area contributed by atoms with Crippen molar-refractivity contribution in [3.8, 4) is 0 Å². The number of rotatable bonds is 6. The van der Waals surface area contributed by atoms with Gasteiger partial charge in [0.15, 0.2) is 0 Å². The second-order valence-electron chi connectivity index (χ2n) is 4.64. The minimum Gasteiger partial charge on any atom is -0.409 e. The van der Waals surface area contributed by atoms with Crippen LogP contribution in [0.25, 0.3) is 0 Å². The summed E-state index contributed by atoms with van der Waals surface area (Å²) in [7, 11) is -3.68. The predicted molar refractivity (Wildman–Crippen MR) is 71.3 cm³/mol. The molecule has 0 saturated heterocycles. The Morgan fingerprint density at radius 1 is 1.40 bits per heavy atom. The van der Waals surface area contributed by atoms with Crippen molar-refractivity contribution in [2.45, 2.75) is 30.2 Å². The number of halogens is 1. The minimum atomic E-state index is -3.68. The van der Waals surface area contributed by atoms with Crippen LogP contribution < -0.4 is 5.73 Å². The molecule has 1 aromatic carbocycles.